The summed E-state index contributed by atoms with van der Waals surface area (Å²) in [6, 6.07) is 2.73. The first-order valence-electron chi connectivity index (χ1n) is 6.44. The number of halogens is 1. The van der Waals surface area contributed by atoms with Crippen LogP contribution in [0.2, 0.25) is 5.02 Å². The van der Waals surface area contributed by atoms with Crippen LogP contribution in [0.3, 0.4) is 0 Å². The Kier molecular flexibility index (Phi) is 4.49. The molecule has 2 N–H and O–H groups in total. The van der Waals surface area contributed by atoms with Crippen molar-refractivity contribution in [3.05, 3.63) is 22.7 Å². The molecular formula is C14H16ClNO4. The molecule has 1 aliphatic rings. The number of amides is 1. The average Bonchev–Trinajstić information content (AvgIpc) is 2.94. The van der Waals surface area contributed by atoms with Gasteiger partial charge in [0, 0.05) is 12.0 Å². The van der Waals surface area contributed by atoms with Gasteiger partial charge in [-0.15, -0.1) is 0 Å². The number of hydrogen-bond acceptors (Lipinski definition) is 3. The van der Waals surface area contributed by atoms with E-state index in [0.29, 0.717) is 5.69 Å². The molecule has 5 nitrogen and oxygen atoms in total. The van der Waals surface area contributed by atoms with Crippen molar-refractivity contribution in [1.29, 1.82) is 0 Å². The predicted octanol–water partition coefficient (Wildman–Crippen LogP) is 3.18. The lowest BCUT2D eigenvalue weighted by atomic mass is 10.1. The molecule has 1 amide bonds. The molecule has 0 bridgehead atoms. The first-order chi connectivity index (χ1) is 9.52. The average molecular weight is 298 g/mol. The van der Waals surface area contributed by atoms with Crippen molar-refractivity contribution in [2.24, 2.45) is 5.92 Å². The van der Waals surface area contributed by atoms with E-state index in [9.17, 15) is 9.59 Å². The molecule has 1 aromatic carbocycles. The topological polar surface area (TPSA) is 75.6 Å². The molecule has 20 heavy (non-hydrogen) atoms. The Hall–Kier alpha value is -1.75. The minimum atomic E-state index is -1.13. The van der Waals surface area contributed by atoms with Gasteiger partial charge >= 0.3 is 5.97 Å². The van der Waals surface area contributed by atoms with Gasteiger partial charge in [0.25, 0.3) is 0 Å². The summed E-state index contributed by atoms with van der Waals surface area (Å²) in [4.78, 5) is 23.1. The molecule has 0 heterocycles. The Morgan fingerprint density at radius 3 is 2.55 bits per heavy atom. The molecule has 0 spiro atoms. The summed E-state index contributed by atoms with van der Waals surface area (Å²) in [5.74, 6) is -1.02. The molecule has 0 aliphatic heterocycles. The monoisotopic (exact) mass is 297 g/mol. The largest absolute Gasteiger partial charge is 0.496 e. The summed E-state index contributed by atoms with van der Waals surface area (Å²) in [7, 11) is 1.37. The van der Waals surface area contributed by atoms with E-state index in [1.807, 2.05) is 0 Å². The van der Waals surface area contributed by atoms with Crippen LogP contribution in [0.1, 0.15) is 36.0 Å². The van der Waals surface area contributed by atoms with E-state index in [-0.39, 0.29) is 28.2 Å². The maximum atomic E-state index is 12.1. The number of carboxylic acid groups (broad SMARTS) is 1. The maximum Gasteiger partial charge on any atom is 0.339 e. The summed E-state index contributed by atoms with van der Waals surface area (Å²) in [5, 5.41) is 12.0. The lowest BCUT2D eigenvalue weighted by Gasteiger charge is -2.14. The number of anilines is 1. The zero-order chi connectivity index (χ0) is 14.7. The van der Waals surface area contributed by atoms with Crippen LogP contribution in [0.4, 0.5) is 5.69 Å². The fraction of sp³-hybridized carbons (Fsp3) is 0.429. The highest BCUT2D eigenvalue weighted by atomic mass is 35.5. The normalized spacial score (nSPS) is 15.1. The number of hydrogen-bond donors (Lipinski definition) is 2. The van der Waals surface area contributed by atoms with Crippen molar-refractivity contribution in [1.82, 2.24) is 0 Å². The molecule has 6 heteroatoms. The number of benzene rings is 1. The fourth-order valence-electron chi connectivity index (χ4n) is 2.41. The van der Waals surface area contributed by atoms with Crippen molar-refractivity contribution < 1.29 is 19.4 Å². The molecule has 0 atom stereocenters. The maximum absolute atomic E-state index is 12.1. The third-order valence-electron chi connectivity index (χ3n) is 3.50. The van der Waals surface area contributed by atoms with Crippen molar-refractivity contribution in [2.75, 3.05) is 12.4 Å². The zero-order valence-electron chi connectivity index (χ0n) is 11.1. The van der Waals surface area contributed by atoms with Crippen molar-refractivity contribution in [3.8, 4) is 5.75 Å². The minimum absolute atomic E-state index is 0.0104. The number of ether oxygens (including phenoxy) is 1. The van der Waals surface area contributed by atoms with Crippen LogP contribution in [-0.2, 0) is 4.79 Å². The Morgan fingerprint density at radius 2 is 2.00 bits per heavy atom. The molecule has 2 rings (SSSR count). The van der Waals surface area contributed by atoms with E-state index in [2.05, 4.69) is 5.32 Å². The van der Waals surface area contributed by atoms with E-state index in [0.717, 1.165) is 25.7 Å². The van der Waals surface area contributed by atoms with E-state index < -0.39 is 5.97 Å². The van der Waals surface area contributed by atoms with Gasteiger partial charge in [-0.2, -0.15) is 0 Å². The molecule has 1 aliphatic carbocycles. The van der Waals surface area contributed by atoms with E-state index >= 15 is 0 Å². The molecule has 108 valence electrons. The van der Waals surface area contributed by atoms with Crippen molar-refractivity contribution in [2.45, 2.75) is 25.7 Å². The number of nitrogens with one attached hydrogen (secondary N) is 1. The van der Waals surface area contributed by atoms with Crippen LogP contribution in [0, 0.1) is 5.92 Å². The van der Waals surface area contributed by atoms with Gasteiger partial charge in [-0.25, -0.2) is 4.79 Å². The first-order valence-corrected chi connectivity index (χ1v) is 6.82. The molecule has 1 fully saturated rings. The summed E-state index contributed by atoms with van der Waals surface area (Å²) in [6.07, 6.45) is 3.89. The van der Waals surface area contributed by atoms with Crippen LogP contribution in [0.5, 0.6) is 5.75 Å². The SMILES string of the molecule is COc1cc(NC(=O)C2CCCC2)c(Cl)cc1C(=O)O. The highest BCUT2D eigenvalue weighted by molar-refractivity contribution is 6.34. The molecule has 1 saturated carbocycles. The van der Waals surface area contributed by atoms with Gasteiger partial charge in [0.15, 0.2) is 0 Å². The Labute approximate surface area is 121 Å². The number of rotatable bonds is 4. The van der Waals surface area contributed by atoms with E-state index in [4.69, 9.17) is 21.4 Å². The molecule has 0 aromatic heterocycles. The summed E-state index contributed by atoms with van der Waals surface area (Å²) < 4.78 is 5.02. The molecule has 0 saturated heterocycles. The highest BCUT2D eigenvalue weighted by Gasteiger charge is 2.24. The Bertz CT molecular complexity index is 538. The van der Waals surface area contributed by atoms with Gasteiger partial charge < -0.3 is 15.2 Å². The lowest BCUT2D eigenvalue weighted by Crippen LogP contribution is -2.20. The van der Waals surface area contributed by atoms with Gasteiger partial charge in [0.05, 0.1) is 17.8 Å². The second-order valence-electron chi connectivity index (χ2n) is 4.81. The van der Waals surface area contributed by atoms with Gasteiger partial charge in [-0.1, -0.05) is 24.4 Å². The number of aromatic carboxylic acids is 1. The van der Waals surface area contributed by atoms with Crippen LogP contribution in [0.25, 0.3) is 0 Å². The zero-order valence-corrected chi connectivity index (χ0v) is 11.9. The number of carboxylic acids is 1. The van der Waals surface area contributed by atoms with Gasteiger partial charge in [0.1, 0.15) is 11.3 Å². The van der Waals surface area contributed by atoms with Crippen LogP contribution in [-0.4, -0.2) is 24.1 Å². The summed E-state index contributed by atoms with van der Waals surface area (Å²) in [6.45, 7) is 0. The predicted molar refractivity (Wildman–Crippen MR) is 75.6 cm³/mol. The van der Waals surface area contributed by atoms with Gasteiger partial charge in [0.2, 0.25) is 5.91 Å². The second kappa shape index (κ2) is 6.13. The molecule has 1 aromatic rings. The third-order valence-corrected chi connectivity index (χ3v) is 3.82. The fourth-order valence-corrected chi connectivity index (χ4v) is 2.62. The molecule has 0 unspecified atom stereocenters. The van der Waals surface area contributed by atoms with Crippen LogP contribution in [0.15, 0.2) is 12.1 Å². The minimum Gasteiger partial charge on any atom is -0.496 e. The van der Waals surface area contributed by atoms with E-state index in [1.54, 1.807) is 0 Å². The van der Waals surface area contributed by atoms with Gasteiger partial charge in [-0.3, -0.25) is 4.79 Å². The van der Waals surface area contributed by atoms with Crippen LogP contribution >= 0.6 is 11.6 Å². The summed E-state index contributed by atoms with van der Waals surface area (Å²) in [5.41, 5.74) is 0.349. The smallest absolute Gasteiger partial charge is 0.339 e. The highest BCUT2D eigenvalue weighted by Crippen LogP contribution is 2.32. The summed E-state index contributed by atoms with van der Waals surface area (Å²) >= 11 is 6.02. The second-order valence-corrected chi connectivity index (χ2v) is 5.22. The van der Waals surface area contributed by atoms with E-state index in [1.165, 1.54) is 19.2 Å². The molecule has 0 radical (unpaired) electrons. The number of carbonyl (C=O) groups is 2. The quantitative estimate of drug-likeness (QED) is 0.895. The first kappa shape index (κ1) is 14.7. The lowest BCUT2D eigenvalue weighted by molar-refractivity contribution is -0.119. The van der Waals surface area contributed by atoms with Crippen molar-refractivity contribution in [3.63, 3.8) is 0 Å². The number of methoxy groups -OCH3 is 1. The molecular weight excluding hydrogens is 282 g/mol. The third kappa shape index (κ3) is 3.04. The number of carbonyl (C=O) groups excluding carboxylic acids is 1. The standard InChI is InChI=1S/C14H16ClNO4/c1-20-12-7-11(10(15)6-9(12)14(18)19)16-13(17)8-4-2-3-5-8/h6-8H,2-5H2,1H3,(H,16,17)(H,18,19). The van der Waals surface area contributed by atoms with Gasteiger partial charge in [-0.05, 0) is 18.9 Å². The van der Waals surface area contributed by atoms with Crippen molar-refractivity contribution >= 4 is 29.2 Å². The van der Waals surface area contributed by atoms with Crippen LogP contribution < -0.4 is 10.1 Å². The Morgan fingerprint density at radius 1 is 1.35 bits per heavy atom. The Balaban J connectivity index is 2.23.